The highest BCUT2D eigenvalue weighted by Gasteiger charge is 2.14. The van der Waals surface area contributed by atoms with Gasteiger partial charge >= 0.3 is 0 Å². The van der Waals surface area contributed by atoms with E-state index in [1.54, 1.807) is 24.3 Å². The van der Waals surface area contributed by atoms with Crippen molar-refractivity contribution in [3.05, 3.63) is 48.5 Å². The summed E-state index contributed by atoms with van der Waals surface area (Å²) < 4.78 is 37.4. The Labute approximate surface area is 140 Å². The van der Waals surface area contributed by atoms with Crippen LogP contribution in [0.2, 0.25) is 0 Å². The summed E-state index contributed by atoms with van der Waals surface area (Å²) in [5, 5.41) is 2.43. The first kappa shape index (κ1) is 17.6. The smallest absolute Gasteiger partial charge is 0.261 e. The first-order valence-corrected chi connectivity index (χ1v) is 8.53. The molecule has 0 aliphatic carbocycles. The second kappa shape index (κ2) is 7.69. The van der Waals surface area contributed by atoms with E-state index in [4.69, 9.17) is 9.47 Å². The lowest BCUT2D eigenvalue weighted by Crippen LogP contribution is -2.24. The minimum Gasteiger partial charge on any atom is -0.497 e. The van der Waals surface area contributed by atoms with Crippen LogP contribution < -0.4 is 19.5 Å². The van der Waals surface area contributed by atoms with Crippen molar-refractivity contribution in [3.63, 3.8) is 0 Å². The molecule has 0 atom stereocenters. The zero-order valence-electron chi connectivity index (χ0n) is 13.3. The highest BCUT2D eigenvalue weighted by Crippen LogP contribution is 2.21. The third kappa shape index (κ3) is 4.63. The van der Waals surface area contributed by atoms with Gasteiger partial charge in [0, 0.05) is 12.7 Å². The summed E-state index contributed by atoms with van der Waals surface area (Å²) in [6.07, 6.45) is 0. The van der Waals surface area contributed by atoms with Crippen LogP contribution in [-0.2, 0) is 14.8 Å². The molecule has 0 radical (unpaired) electrons. The maximum Gasteiger partial charge on any atom is 0.261 e. The fraction of sp³-hybridized carbons (Fsp3) is 0.188. The van der Waals surface area contributed by atoms with E-state index in [0.717, 1.165) is 0 Å². The quantitative estimate of drug-likeness (QED) is 0.791. The summed E-state index contributed by atoms with van der Waals surface area (Å²) in [6.45, 7) is -0.132. The minimum atomic E-state index is -3.71. The zero-order valence-corrected chi connectivity index (χ0v) is 14.1. The molecular formula is C16H18N2O5S. The predicted octanol–water partition coefficient (Wildman–Crippen LogP) is 1.62. The second-order valence-corrected chi connectivity index (χ2v) is 6.45. The molecule has 0 heterocycles. The van der Waals surface area contributed by atoms with Gasteiger partial charge in [0.1, 0.15) is 11.5 Å². The highest BCUT2D eigenvalue weighted by atomic mass is 32.2. The van der Waals surface area contributed by atoms with Crippen LogP contribution in [-0.4, -0.2) is 35.1 Å². The van der Waals surface area contributed by atoms with Gasteiger partial charge in [0.2, 0.25) is 0 Å². The van der Waals surface area contributed by atoms with Crippen LogP contribution in [0.15, 0.2) is 53.4 Å². The van der Waals surface area contributed by atoms with Crippen molar-refractivity contribution in [3.8, 4) is 11.5 Å². The van der Waals surface area contributed by atoms with Crippen molar-refractivity contribution in [1.29, 1.82) is 0 Å². The molecule has 0 saturated heterocycles. The number of hydrogen-bond acceptors (Lipinski definition) is 5. The predicted molar refractivity (Wildman–Crippen MR) is 89.8 cm³/mol. The van der Waals surface area contributed by atoms with Gasteiger partial charge in [-0.25, -0.2) is 8.42 Å². The molecule has 128 valence electrons. The van der Waals surface area contributed by atoms with Crippen molar-refractivity contribution >= 4 is 21.6 Å². The van der Waals surface area contributed by atoms with Crippen molar-refractivity contribution in [2.45, 2.75) is 4.90 Å². The molecule has 0 aliphatic rings. The van der Waals surface area contributed by atoms with E-state index in [2.05, 4.69) is 10.0 Å². The van der Waals surface area contributed by atoms with Gasteiger partial charge in [0.25, 0.3) is 15.9 Å². The van der Waals surface area contributed by atoms with E-state index in [0.29, 0.717) is 17.2 Å². The molecule has 0 fully saturated rings. The number of amides is 1. The van der Waals surface area contributed by atoms with E-state index >= 15 is 0 Å². The number of rotatable bonds is 7. The van der Waals surface area contributed by atoms with E-state index < -0.39 is 10.0 Å². The third-order valence-corrected chi connectivity index (χ3v) is 4.52. The number of anilines is 1. The number of sulfonamides is 1. The molecule has 7 nitrogen and oxygen atoms in total. The SMILES string of the molecule is CNC(=O)COc1ccc(S(=O)(=O)Nc2ccc(OC)cc2)cc1. The molecule has 2 aromatic rings. The van der Waals surface area contributed by atoms with E-state index in [9.17, 15) is 13.2 Å². The first-order valence-electron chi connectivity index (χ1n) is 7.05. The first-order chi connectivity index (χ1) is 11.4. The fourth-order valence-electron chi connectivity index (χ4n) is 1.81. The fourth-order valence-corrected chi connectivity index (χ4v) is 2.87. The van der Waals surface area contributed by atoms with Crippen LogP contribution >= 0.6 is 0 Å². The van der Waals surface area contributed by atoms with Crippen LogP contribution in [0, 0.1) is 0 Å². The van der Waals surface area contributed by atoms with Crippen molar-refractivity contribution < 1.29 is 22.7 Å². The largest absolute Gasteiger partial charge is 0.497 e. The lowest BCUT2D eigenvalue weighted by molar-refractivity contribution is -0.122. The molecule has 8 heteroatoms. The minimum absolute atomic E-state index is 0.0885. The summed E-state index contributed by atoms with van der Waals surface area (Å²) in [6, 6.07) is 12.3. The van der Waals surface area contributed by atoms with Crippen LogP contribution in [0.3, 0.4) is 0 Å². The van der Waals surface area contributed by atoms with Gasteiger partial charge in [0.15, 0.2) is 6.61 Å². The summed E-state index contributed by atoms with van der Waals surface area (Å²) in [5.74, 6) is 0.769. The van der Waals surface area contributed by atoms with E-state index in [-0.39, 0.29) is 17.4 Å². The summed E-state index contributed by atoms with van der Waals surface area (Å²) in [4.78, 5) is 11.2. The maximum atomic E-state index is 12.3. The molecule has 2 aromatic carbocycles. The normalized spacial score (nSPS) is 10.8. The second-order valence-electron chi connectivity index (χ2n) is 4.77. The number of nitrogens with one attached hydrogen (secondary N) is 2. The number of carbonyl (C=O) groups is 1. The topological polar surface area (TPSA) is 93.7 Å². The number of methoxy groups -OCH3 is 1. The van der Waals surface area contributed by atoms with Crippen LogP contribution in [0.4, 0.5) is 5.69 Å². The Hall–Kier alpha value is -2.74. The molecule has 0 saturated carbocycles. The molecule has 0 unspecified atom stereocenters. The van der Waals surface area contributed by atoms with Crippen molar-refractivity contribution in [2.24, 2.45) is 0 Å². The number of hydrogen-bond donors (Lipinski definition) is 2. The number of carbonyl (C=O) groups excluding carboxylic acids is 1. The van der Waals surface area contributed by atoms with E-state index in [1.165, 1.54) is 38.4 Å². The third-order valence-electron chi connectivity index (χ3n) is 3.13. The summed E-state index contributed by atoms with van der Waals surface area (Å²) in [7, 11) is -0.670. The Morgan fingerprint density at radius 3 is 2.12 bits per heavy atom. The molecule has 2 N–H and O–H groups in total. The van der Waals surface area contributed by atoms with Gasteiger partial charge in [-0.3, -0.25) is 9.52 Å². The number of benzene rings is 2. The van der Waals surface area contributed by atoms with Gasteiger partial charge in [-0.05, 0) is 48.5 Å². The number of ether oxygens (including phenoxy) is 2. The average Bonchev–Trinajstić information content (AvgIpc) is 2.60. The van der Waals surface area contributed by atoms with Crippen LogP contribution in [0.5, 0.6) is 11.5 Å². The molecule has 1 amide bonds. The lowest BCUT2D eigenvalue weighted by Gasteiger charge is -2.10. The molecule has 24 heavy (non-hydrogen) atoms. The van der Waals surface area contributed by atoms with Gasteiger partial charge in [-0.2, -0.15) is 0 Å². The zero-order chi connectivity index (χ0) is 17.6. The molecule has 0 aliphatic heterocycles. The van der Waals surface area contributed by atoms with Gasteiger partial charge < -0.3 is 14.8 Å². The van der Waals surface area contributed by atoms with Crippen LogP contribution in [0.25, 0.3) is 0 Å². The molecule has 0 bridgehead atoms. The van der Waals surface area contributed by atoms with Crippen LogP contribution in [0.1, 0.15) is 0 Å². The van der Waals surface area contributed by atoms with Gasteiger partial charge in [-0.1, -0.05) is 0 Å². The lowest BCUT2D eigenvalue weighted by atomic mass is 10.3. The Morgan fingerprint density at radius 1 is 1.00 bits per heavy atom. The standard InChI is InChI=1S/C16H18N2O5S/c1-17-16(19)11-23-14-7-9-15(10-8-14)24(20,21)18-12-3-5-13(22-2)6-4-12/h3-10,18H,11H2,1-2H3,(H,17,19). The molecule has 0 aromatic heterocycles. The number of likely N-dealkylation sites (N-methyl/N-ethyl adjacent to an activating group) is 1. The molecule has 0 spiro atoms. The summed E-state index contributed by atoms with van der Waals surface area (Å²) in [5.41, 5.74) is 0.427. The Bertz CT molecular complexity index is 786. The molecule has 2 rings (SSSR count). The monoisotopic (exact) mass is 350 g/mol. The van der Waals surface area contributed by atoms with Crippen molar-refractivity contribution in [1.82, 2.24) is 5.32 Å². The van der Waals surface area contributed by atoms with Gasteiger partial charge in [-0.15, -0.1) is 0 Å². The maximum absolute atomic E-state index is 12.3. The Kier molecular flexibility index (Phi) is 5.64. The highest BCUT2D eigenvalue weighted by molar-refractivity contribution is 7.92. The van der Waals surface area contributed by atoms with Gasteiger partial charge in [0.05, 0.1) is 12.0 Å². The van der Waals surface area contributed by atoms with Crippen molar-refractivity contribution in [2.75, 3.05) is 25.5 Å². The Morgan fingerprint density at radius 2 is 1.58 bits per heavy atom. The average molecular weight is 350 g/mol. The Balaban J connectivity index is 2.06. The molecular weight excluding hydrogens is 332 g/mol. The van der Waals surface area contributed by atoms with E-state index in [1.807, 2.05) is 0 Å². The summed E-state index contributed by atoms with van der Waals surface area (Å²) >= 11 is 0.